The van der Waals surface area contributed by atoms with Gasteiger partial charge in [0.25, 0.3) is 0 Å². The number of hydrogen-bond donors (Lipinski definition) is 1. The van der Waals surface area contributed by atoms with E-state index in [0.717, 1.165) is 31.7 Å². The molecule has 7 heteroatoms. The number of sulfone groups is 1. The lowest BCUT2D eigenvalue weighted by atomic mass is 9.93. The molecular formula is C17H29N3O3S. The Kier molecular flexibility index (Phi) is 5.04. The fraction of sp³-hybridized carbons (Fsp3) is 0.824. The molecule has 24 heavy (non-hydrogen) atoms. The van der Waals surface area contributed by atoms with E-state index < -0.39 is 15.4 Å². The zero-order valence-corrected chi connectivity index (χ0v) is 15.7. The standard InChI is InChI=1S/C17H29N3O3S/c1-13(2)16-15(4-6-23-16)10-18-8-14-9-19-20(11-14)17(3)5-7-24(21,22)12-17/h9,11,13,15-16,18H,4-8,10,12H2,1-3H3/t15-,16-,17-/m1/s1. The number of hydrogen-bond acceptors (Lipinski definition) is 5. The second kappa shape index (κ2) is 6.77. The fourth-order valence-electron chi connectivity index (χ4n) is 3.93. The summed E-state index contributed by atoms with van der Waals surface area (Å²) in [5.41, 5.74) is 0.694. The third kappa shape index (κ3) is 3.83. The van der Waals surface area contributed by atoms with Gasteiger partial charge < -0.3 is 10.1 Å². The second-order valence-corrected chi connectivity index (χ2v) is 10.1. The van der Waals surface area contributed by atoms with Gasteiger partial charge in [0.15, 0.2) is 9.84 Å². The Morgan fingerprint density at radius 1 is 1.50 bits per heavy atom. The number of aromatic nitrogens is 2. The summed E-state index contributed by atoms with van der Waals surface area (Å²) < 4.78 is 31.2. The van der Waals surface area contributed by atoms with Gasteiger partial charge in [0.05, 0.1) is 29.3 Å². The molecule has 3 rings (SSSR count). The van der Waals surface area contributed by atoms with E-state index in [2.05, 4.69) is 24.3 Å². The summed E-state index contributed by atoms with van der Waals surface area (Å²) in [6.45, 7) is 8.96. The molecule has 0 bridgehead atoms. The van der Waals surface area contributed by atoms with Crippen LogP contribution in [-0.2, 0) is 26.7 Å². The first-order valence-corrected chi connectivity index (χ1v) is 10.7. The van der Waals surface area contributed by atoms with Gasteiger partial charge in [-0.3, -0.25) is 4.68 Å². The molecule has 0 radical (unpaired) electrons. The predicted octanol–water partition coefficient (Wildman–Crippen LogP) is 1.57. The minimum absolute atomic E-state index is 0.185. The van der Waals surface area contributed by atoms with Crippen LogP contribution in [0.25, 0.3) is 0 Å². The molecule has 1 N–H and O–H groups in total. The molecular weight excluding hydrogens is 326 g/mol. The van der Waals surface area contributed by atoms with Crippen LogP contribution in [-0.4, -0.2) is 49.0 Å². The van der Waals surface area contributed by atoms with Crippen LogP contribution in [0.4, 0.5) is 0 Å². The van der Waals surface area contributed by atoms with Gasteiger partial charge in [-0.1, -0.05) is 13.8 Å². The second-order valence-electron chi connectivity index (χ2n) is 7.89. The third-order valence-electron chi connectivity index (χ3n) is 5.33. The molecule has 0 aliphatic carbocycles. The van der Waals surface area contributed by atoms with Crippen molar-refractivity contribution in [1.82, 2.24) is 15.1 Å². The van der Waals surface area contributed by atoms with E-state index in [1.807, 2.05) is 24.0 Å². The van der Waals surface area contributed by atoms with E-state index in [1.165, 1.54) is 0 Å². The Morgan fingerprint density at radius 2 is 2.29 bits per heavy atom. The molecule has 2 aliphatic heterocycles. The van der Waals surface area contributed by atoms with Crippen LogP contribution >= 0.6 is 0 Å². The maximum atomic E-state index is 11.8. The molecule has 6 nitrogen and oxygen atoms in total. The minimum atomic E-state index is -2.93. The lowest BCUT2D eigenvalue weighted by molar-refractivity contribution is 0.0539. The van der Waals surface area contributed by atoms with Gasteiger partial charge in [-0.05, 0) is 31.6 Å². The molecule has 0 saturated carbocycles. The monoisotopic (exact) mass is 355 g/mol. The summed E-state index contributed by atoms with van der Waals surface area (Å²) >= 11 is 0. The molecule has 2 aliphatic rings. The number of rotatable bonds is 6. The van der Waals surface area contributed by atoms with Crippen molar-refractivity contribution in [3.8, 4) is 0 Å². The van der Waals surface area contributed by atoms with E-state index in [0.29, 0.717) is 24.4 Å². The molecule has 3 atom stereocenters. The third-order valence-corrected chi connectivity index (χ3v) is 7.22. The molecule has 0 spiro atoms. The van der Waals surface area contributed by atoms with Crippen molar-refractivity contribution in [1.29, 1.82) is 0 Å². The highest BCUT2D eigenvalue weighted by molar-refractivity contribution is 7.91. The van der Waals surface area contributed by atoms with E-state index >= 15 is 0 Å². The van der Waals surface area contributed by atoms with Crippen LogP contribution in [0, 0.1) is 11.8 Å². The summed E-state index contributed by atoms with van der Waals surface area (Å²) in [7, 11) is -2.93. The molecule has 2 fully saturated rings. The minimum Gasteiger partial charge on any atom is -0.378 e. The summed E-state index contributed by atoms with van der Waals surface area (Å²) in [6, 6.07) is 0. The topological polar surface area (TPSA) is 73.2 Å². The van der Waals surface area contributed by atoms with Crippen molar-refractivity contribution in [2.24, 2.45) is 11.8 Å². The molecule has 0 unspecified atom stereocenters. The zero-order chi connectivity index (χ0) is 17.4. The van der Waals surface area contributed by atoms with Gasteiger partial charge in [-0.2, -0.15) is 5.10 Å². The van der Waals surface area contributed by atoms with E-state index in [1.54, 1.807) is 0 Å². The van der Waals surface area contributed by atoms with Gasteiger partial charge in [0, 0.05) is 31.5 Å². The highest BCUT2D eigenvalue weighted by atomic mass is 32.2. The van der Waals surface area contributed by atoms with Crippen molar-refractivity contribution in [2.75, 3.05) is 24.7 Å². The maximum absolute atomic E-state index is 11.8. The molecule has 1 aromatic rings. The van der Waals surface area contributed by atoms with Crippen molar-refractivity contribution in [2.45, 2.75) is 51.8 Å². The first kappa shape index (κ1) is 17.9. The van der Waals surface area contributed by atoms with Gasteiger partial charge in [-0.15, -0.1) is 0 Å². The van der Waals surface area contributed by atoms with Crippen molar-refractivity contribution >= 4 is 9.84 Å². The lowest BCUT2D eigenvalue weighted by Gasteiger charge is -2.23. The molecule has 0 amide bonds. The molecule has 0 aromatic carbocycles. The van der Waals surface area contributed by atoms with Crippen LogP contribution in [0.15, 0.2) is 12.4 Å². The first-order chi connectivity index (χ1) is 11.3. The van der Waals surface area contributed by atoms with Crippen LogP contribution in [0.2, 0.25) is 0 Å². The highest BCUT2D eigenvalue weighted by Crippen LogP contribution is 2.30. The van der Waals surface area contributed by atoms with E-state index in [4.69, 9.17) is 4.74 Å². The molecule has 2 saturated heterocycles. The summed E-state index contributed by atoms with van der Waals surface area (Å²) in [6.07, 6.45) is 5.93. The van der Waals surface area contributed by atoms with Crippen molar-refractivity contribution in [3.63, 3.8) is 0 Å². The quantitative estimate of drug-likeness (QED) is 0.838. The molecule has 136 valence electrons. The van der Waals surface area contributed by atoms with Gasteiger partial charge in [-0.25, -0.2) is 8.42 Å². The number of ether oxygens (including phenoxy) is 1. The van der Waals surface area contributed by atoms with Crippen LogP contribution in [0.3, 0.4) is 0 Å². The summed E-state index contributed by atoms with van der Waals surface area (Å²) in [5.74, 6) is 1.56. The van der Waals surface area contributed by atoms with E-state index in [9.17, 15) is 8.42 Å². The Hall–Kier alpha value is -0.920. The van der Waals surface area contributed by atoms with Crippen LogP contribution < -0.4 is 5.32 Å². The first-order valence-electron chi connectivity index (χ1n) is 8.86. The normalized spacial score (nSPS) is 32.7. The number of nitrogens with one attached hydrogen (secondary N) is 1. The Bertz CT molecular complexity index is 670. The highest BCUT2D eigenvalue weighted by Gasteiger charge is 2.40. The Balaban J connectivity index is 1.54. The summed E-state index contributed by atoms with van der Waals surface area (Å²) in [5, 5.41) is 7.93. The average molecular weight is 356 g/mol. The lowest BCUT2D eigenvalue weighted by Crippen LogP contribution is -2.32. The Labute approximate surface area is 144 Å². The SMILES string of the molecule is CC(C)[C@H]1OCC[C@@H]1CNCc1cnn([C@]2(C)CCS(=O)(=O)C2)c1. The molecule has 3 heterocycles. The predicted molar refractivity (Wildman–Crippen MR) is 93.5 cm³/mol. The van der Waals surface area contributed by atoms with Gasteiger partial charge >= 0.3 is 0 Å². The maximum Gasteiger partial charge on any atom is 0.152 e. The average Bonchev–Trinajstić information content (AvgIpc) is 3.19. The van der Waals surface area contributed by atoms with Gasteiger partial charge in [0.1, 0.15) is 0 Å². The smallest absolute Gasteiger partial charge is 0.152 e. The Morgan fingerprint density at radius 3 is 2.96 bits per heavy atom. The van der Waals surface area contributed by atoms with E-state index in [-0.39, 0.29) is 11.5 Å². The van der Waals surface area contributed by atoms with Crippen molar-refractivity contribution < 1.29 is 13.2 Å². The summed E-state index contributed by atoms with van der Waals surface area (Å²) in [4.78, 5) is 0. The number of nitrogens with zero attached hydrogens (tertiary/aromatic N) is 2. The van der Waals surface area contributed by atoms with Gasteiger partial charge in [0.2, 0.25) is 0 Å². The van der Waals surface area contributed by atoms with Crippen LogP contribution in [0.5, 0.6) is 0 Å². The molecule has 1 aromatic heterocycles. The zero-order valence-electron chi connectivity index (χ0n) is 14.9. The largest absolute Gasteiger partial charge is 0.378 e. The van der Waals surface area contributed by atoms with Crippen LogP contribution in [0.1, 0.15) is 39.2 Å². The fourth-order valence-corrected chi connectivity index (χ4v) is 6.05. The van der Waals surface area contributed by atoms with Crippen molar-refractivity contribution in [3.05, 3.63) is 18.0 Å².